The average Bonchev–Trinajstić information content (AvgIpc) is 2.53. The lowest BCUT2D eigenvalue weighted by atomic mass is 10.1. The van der Waals surface area contributed by atoms with Crippen molar-refractivity contribution in [2.45, 2.75) is 19.6 Å². The molecule has 1 atom stereocenters. The van der Waals surface area contributed by atoms with E-state index in [4.69, 9.17) is 0 Å². The molecule has 3 N–H and O–H groups in total. The lowest BCUT2D eigenvalue weighted by molar-refractivity contribution is 0.0915. The van der Waals surface area contributed by atoms with Crippen LogP contribution in [0.3, 0.4) is 0 Å². The quantitative estimate of drug-likeness (QED) is 0.720. The number of aromatic nitrogens is 1. The van der Waals surface area contributed by atoms with Crippen molar-refractivity contribution in [2.24, 2.45) is 0 Å². The molecular weight excluding hydrogens is 278 g/mol. The summed E-state index contributed by atoms with van der Waals surface area (Å²) in [5.74, 6) is -0.231. The van der Waals surface area contributed by atoms with Gasteiger partial charge >= 0.3 is 0 Å². The van der Waals surface area contributed by atoms with Crippen molar-refractivity contribution in [1.82, 2.24) is 15.6 Å². The third-order valence-electron chi connectivity index (χ3n) is 3.21. The van der Waals surface area contributed by atoms with E-state index >= 15 is 0 Å². The number of aliphatic hydroxyl groups is 1. The first-order chi connectivity index (χ1) is 10.6. The Labute approximate surface area is 130 Å². The minimum Gasteiger partial charge on any atom is -0.390 e. The van der Waals surface area contributed by atoms with Gasteiger partial charge in [-0.1, -0.05) is 29.8 Å². The number of carbonyl (C=O) groups is 1. The summed E-state index contributed by atoms with van der Waals surface area (Å²) in [5, 5.41) is 15.8. The van der Waals surface area contributed by atoms with E-state index in [0.29, 0.717) is 18.7 Å². The molecule has 1 aromatic carbocycles. The Morgan fingerprint density at radius 2 is 2.14 bits per heavy atom. The van der Waals surface area contributed by atoms with Gasteiger partial charge in [-0.05, 0) is 24.6 Å². The van der Waals surface area contributed by atoms with Gasteiger partial charge in [-0.15, -0.1) is 0 Å². The Hall–Kier alpha value is -2.24. The van der Waals surface area contributed by atoms with Gasteiger partial charge in [0.25, 0.3) is 5.91 Å². The van der Waals surface area contributed by atoms with Crippen LogP contribution in [0.25, 0.3) is 0 Å². The Balaban J connectivity index is 1.68. The molecule has 0 aliphatic rings. The molecule has 1 unspecified atom stereocenters. The number of aryl methyl sites for hydroxylation is 1. The molecule has 116 valence electrons. The van der Waals surface area contributed by atoms with Crippen molar-refractivity contribution in [3.63, 3.8) is 0 Å². The maximum absolute atomic E-state index is 11.8. The first-order valence-electron chi connectivity index (χ1n) is 7.27. The maximum Gasteiger partial charge on any atom is 0.252 e. The van der Waals surface area contributed by atoms with Gasteiger partial charge in [-0.2, -0.15) is 0 Å². The predicted molar refractivity (Wildman–Crippen MR) is 85.5 cm³/mol. The second-order valence-electron chi connectivity index (χ2n) is 5.23. The summed E-state index contributed by atoms with van der Waals surface area (Å²) in [5.41, 5.74) is 2.87. The van der Waals surface area contributed by atoms with Gasteiger partial charge in [-0.3, -0.25) is 9.78 Å². The van der Waals surface area contributed by atoms with Crippen LogP contribution in [0.1, 0.15) is 21.5 Å². The summed E-state index contributed by atoms with van der Waals surface area (Å²) in [7, 11) is 0. The summed E-state index contributed by atoms with van der Waals surface area (Å²) in [6.07, 6.45) is 2.48. The molecular formula is C17H21N3O2. The number of amides is 1. The largest absolute Gasteiger partial charge is 0.390 e. The zero-order valence-electron chi connectivity index (χ0n) is 12.6. The summed E-state index contributed by atoms with van der Waals surface area (Å²) in [6, 6.07) is 11.6. The second-order valence-corrected chi connectivity index (χ2v) is 5.23. The predicted octanol–water partition coefficient (Wildman–Crippen LogP) is 1.27. The molecule has 1 amide bonds. The van der Waals surface area contributed by atoms with Crippen molar-refractivity contribution in [2.75, 3.05) is 13.1 Å². The molecule has 0 saturated heterocycles. The summed E-state index contributed by atoms with van der Waals surface area (Å²) >= 11 is 0. The van der Waals surface area contributed by atoms with E-state index < -0.39 is 6.10 Å². The Bertz CT molecular complexity index is 602. The van der Waals surface area contributed by atoms with E-state index in [1.165, 1.54) is 17.3 Å². The molecule has 0 spiro atoms. The zero-order chi connectivity index (χ0) is 15.8. The maximum atomic E-state index is 11.8. The van der Waals surface area contributed by atoms with Crippen molar-refractivity contribution in [3.05, 3.63) is 65.5 Å². The molecule has 0 saturated carbocycles. The number of pyridine rings is 1. The lowest BCUT2D eigenvalue weighted by Crippen LogP contribution is -2.38. The molecule has 1 aromatic heterocycles. The highest BCUT2D eigenvalue weighted by atomic mass is 16.3. The third-order valence-corrected chi connectivity index (χ3v) is 3.21. The van der Waals surface area contributed by atoms with E-state index in [-0.39, 0.29) is 12.5 Å². The van der Waals surface area contributed by atoms with E-state index in [1.807, 2.05) is 25.1 Å². The first kappa shape index (κ1) is 16.1. The molecule has 1 heterocycles. The fourth-order valence-corrected chi connectivity index (χ4v) is 2.09. The standard InChI is InChI=1S/C17H21N3O2/c1-13-4-2-5-14(8-13)9-19-11-16(21)12-20-17(22)15-6-3-7-18-10-15/h2-8,10,16,19,21H,9,11-12H2,1H3,(H,20,22). The molecule has 0 aliphatic heterocycles. The molecule has 22 heavy (non-hydrogen) atoms. The molecule has 5 heteroatoms. The SMILES string of the molecule is Cc1cccc(CNCC(O)CNC(=O)c2cccnc2)c1. The monoisotopic (exact) mass is 299 g/mol. The van der Waals surface area contributed by atoms with Gasteiger partial charge in [0.05, 0.1) is 11.7 Å². The highest BCUT2D eigenvalue weighted by Gasteiger charge is 2.08. The van der Waals surface area contributed by atoms with Crippen molar-refractivity contribution >= 4 is 5.91 Å². The fraction of sp³-hybridized carbons (Fsp3) is 0.294. The summed E-state index contributed by atoms with van der Waals surface area (Å²) < 4.78 is 0. The van der Waals surface area contributed by atoms with Crippen LogP contribution >= 0.6 is 0 Å². The Morgan fingerprint density at radius 1 is 1.27 bits per heavy atom. The number of aliphatic hydroxyl groups excluding tert-OH is 1. The summed E-state index contributed by atoms with van der Waals surface area (Å²) in [4.78, 5) is 15.7. The van der Waals surface area contributed by atoms with Crippen LogP contribution in [-0.2, 0) is 6.54 Å². The van der Waals surface area contributed by atoms with Gasteiger partial charge in [0.1, 0.15) is 0 Å². The highest BCUT2D eigenvalue weighted by Crippen LogP contribution is 2.03. The number of hydrogen-bond acceptors (Lipinski definition) is 4. The summed E-state index contributed by atoms with van der Waals surface area (Å²) in [6.45, 7) is 3.36. The number of nitrogens with zero attached hydrogens (tertiary/aromatic N) is 1. The van der Waals surface area contributed by atoms with E-state index in [2.05, 4.69) is 21.7 Å². The van der Waals surface area contributed by atoms with Crippen LogP contribution in [-0.4, -0.2) is 35.2 Å². The number of rotatable bonds is 7. The first-order valence-corrected chi connectivity index (χ1v) is 7.27. The van der Waals surface area contributed by atoms with E-state index in [1.54, 1.807) is 18.3 Å². The fourth-order valence-electron chi connectivity index (χ4n) is 2.09. The molecule has 5 nitrogen and oxygen atoms in total. The van der Waals surface area contributed by atoms with Crippen LogP contribution < -0.4 is 10.6 Å². The van der Waals surface area contributed by atoms with Crippen molar-refractivity contribution in [3.8, 4) is 0 Å². The molecule has 0 bridgehead atoms. The number of hydrogen-bond donors (Lipinski definition) is 3. The van der Waals surface area contributed by atoms with Crippen LogP contribution in [0.5, 0.6) is 0 Å². The van der Waals surface area contributed by atoms with Gasteiger partial charge in [-0.25, -0.2) is 0 Å². The topological polar surface area (TPSA) is 74.2 Å². The zero-order valence-corrected chi connectivity index (χ0v) is 12.6. The van der Waals surface area contributed by atoms with Gasteiger partial charge in [0, 0.05) is 32.0 Å². The molecule has 0 fully saturated rings. The molecule has 0 aliphatic carbocycles. The van der Waals surface area contributed by atoms with Gasteiger partial charge < -0.3 is 15.7 Å². The minimum absolute atomic E-state index is 0.203. The van der Waals surface area contributed by atoms with Crippen LogP contribution in [0.4, 0.5) is 0 Å². The van der Waals surface area contributed by atoms with E-state index in [9.17, 15) is 9.90 Å². The minimum atomic E-state index is -0.634. The Morgan fingerprint density at radius 3 is 2.86 bits per heavy atom. The Kier molecular flexibility index (Phi) is 6.06. The van der Waals surface area contributed by atoms with E-state index in [0.717, 1.165) is 0 Å². The van der Waals surface area contributed by atoms with Gasteiger partial charge in [0.2, 0.25) is 0 Å². The molecule has 0 radical (unpaired) electrons. The van der Waals surface area contributed by atoms with Crippen LogP contribution in [0.15, 0.2) is 48.8 Å². The molecule has 2 aromatic rings. The van der Waals surface area contributed by atoms with Crippen LogP contribution in [0.2, 0.25) is 0 Å². The third kappa shape index (κ3) is 5.27. The number of benzene rings is 1. The van der Waals surface area contributed by atoms with Crippen LogP contribution in [0, 0.1) is 6.92 Å². The van der Waals surface area contributed by atoms with Crippen molar-refractivity contribution < 1.29 is 9.90 Å². The number of nitrogens with one attached hydrogen (secondary N) is 2. The normalized spacial score (nSPS) is 11.9. The van der Waals surface area contributed by atoms with Gasteiger partial charge in [0.15, 0.2) is 0 Å². The average molecular weight is 299 g/mol. The second kappa shape index (κ2) is 8.26. The molecule has 2 rings (SSSR count). The van der Waals surface area contributed by atoms with Crippen molar-refractivity contribution in [1.29, 1.82) is 0 Å². The smallest absolute Gasteiger partial charge is 0.252 e. The lowest BCUT2D eigenvalue weighted by Gasteiger charge is -2.13. The number of carbonyl (C=O) groups excluding carboxylic acids is 1. The highest BCUT2D eigenvalue weighted by molar-refractivity contribution is 5.93.